The van der Waals surface area contributed by atoms with Crippen molar-refractivity contribution in [2.45, 2.75) is 26.7 Å². The molecule has 0 saturated heterocycles. The molecule has 0 radical (unpaired) electrons. The minimum atomic E-state index is -0.713. The summed E-state index contributed by atoms with van der Waals surface area (Å²) in [7, 11) is 1.53. The first-order valence-electron chi connectivity index (χ1n) is 6.09. The Morgan fingerprint density at radius 1 is 1.47 bits per heavy atom. The summed E-state index contributed by atoms with van der Waals surface area (Å²) in [6.45, 7) is 7.40. The van der Waals surface area contributed by atoms with Gasteiger partial charge in [-0.1, -0.05) is 26.0 Å². The molecule has 1 aromatic carbocycles. The third-order valence-corrected chi connectivity index (χ3v) is 2.21. The van der Waals surface area contributed by atoms with Crippen LogP contribution in [0.4, 0.5) is 0 Å². The maximum atomic E-state index is 9.81. The van der Waals surface area contributed by atoms with Gasteiger partial charge >= 0.3 is 5.97 Å². The molecule has 4 heteroatoms. The lowest BCUT2D eigenvalue weighted by molar-refractivity contribution is -0.137. The monoisotopic (exact) mass is 266 g/mol. The Balaban J connectivity index is 0.000000399. The maximum absolute atomic E-state index is 9.81. The third kappa shape index (κ3) is 7.86. The lowest BCUT2D eigenvalue weighted by atomic mass is 10.1. The number of benzene rings is 1. The van der Waals surface area contributed by atoms with E-state index in [2.05, 4.69) is 6.58 Å². The Bertz CT molecular complexity index is 411. The van der Waals surface area contributed by atoms with Gasteiger partial charge in [-0.05, 0) is 30.0 Å². The molecule has 0 saturated carbocycles. The molecule has 19 heavy (non-hydrogen) atoms. The first-order valence-corrected chi connectivity index (χ1v) is 6.09. The van der Waals surface area contributed by atoms with Crippen LogP contribution in [0.1, 0.15) is 25.8 Å². The minimum Gasteiger partial charge on any atom is -0.504 e. The van der Waals surface area contributed by atoms with Crippen LogP contribution in [-0.2, 0) is 11.2 Å². The van der Waals surface area contributed by atoms with Crippen molar-refractivity contribution in [1.82, 2.24) is 0 Å². The molecule has 0 aromatic heterocycles. The molecular weight excluding hydrogens is 244 g/mol. The molecule has 1 rings (SSSR count). The smallest absolute Gasteiger partial charge is 0.303 e. The number of ether oxygens (including phenoxy) is 1. The van der Waals surface area contributed by atoms with Gasteiger partial charge in [-0.3, -0.25) is 4.79 Å². The second-order valence-corrected chi connectivity index (χ2v) is 4.49. The zero-order valence-electron chi connectivity index (χ0n) is 11.7. The van der Waals surface area contributed by atoms with Gasteiger partial charge in [0, 0.05) is 6.42 Å². The normalized spacial score (nSPS) is 9.47. The molecule has 106 valence electrons. The summed E-state index contributed by atoms with van der Waals surface area (Å²) in [5.41, 5.74) is 1.08. The van der Waals surface area contributed by atoms with Gasteiger partial charge in [0.15, 0.2) is 11.5 Å². The summed E-state index contributed by atoms with van der Waals surface area (Å²) >= 11 is 0. The average molecular weight is 266 g/mol. The molecular formula is C15H22O4. The second-order valence-electron chi connectivity index (χ2n) is 4.49. The predicted molar refractivity (Wildman–Crippen MR) is 75.7 cm³/mol. The van der Waals surface area contributed by atoms with E-state index >= 15 is 0 Å². The highest BCUT2D eigenvalue weighted by molar-refractivity contribution is 5.66. The molecule has 0 aliphatic rings. The van der Waals surface area contributed by atoms with Crippen molar-refractivity contribution < 1.29 is 19.7 Å². The van der Waals surface area contributed by atoms with Crippen molar-refractivity contribution >= 4 is 5.97 Å². The number of phenolic OH excluding ortho intramolecular Hbond substituents is 1. The van der Waals surface area contributed by atoms with E-state index < -0.39 is 5.97 Å². The fourth-order valence-electron chi connectivity index (χ4n) is 1.36. The highest BCUT2D eigenvalue weighted by Crippen LogP contribution is 2.26. The standard InChI is InChI=1S/C10H12O2.C5H10O2/c1-3-4-8-5-6-9(11)10(7-8)12-2;1-4(2)3-5(6)7/h3,5-7,11H,1,4H2,2H3;4H,3H2,1-2H3,(H,6,7). The number of allylic oxidation sites excluding steroid dienone is 1. The number of rotatable bonds is 5. The van der Waals surface area contributed by atoms with Crippen LogP contribution >= 0.6 is 0 Å². The first kappa shape index (κ1) is 17.0. The minimum absolute atomic E-state index is 0.172. The van der Waals surface area contributed by atoms with E-state index in [1.54, 1.807) is 12.1 Å². The van der Waals surface area contributed by atoms with Crippen LogP contribution in [0.15, 0.2) is 30.9 Å². The summed E-state index contributed by atoms with van der Waals surface area (Å²) in [5, 5.41) is 17.3. The second kappa shape index (κ2) is 9.03. The Morgan fingerprint density at radius 2 is 2.11 bits per heavy atom. The number of aromatic hydroxyl groups is 1. The molecule has 4 nitrogen and oxygen atoms in total. The van der Waals surface area contributed by atoms with Crippen LogP contribution < -0.4 is 4.74 Å². The van der Waals surface area contributed by atoms with Crippen LogP contribution in [-0.4, -0.2) is 23.3 Å². The van der Waals surface area contributed by atoms with Gasteiger partial charge in [-0.25, -0.2) is 0 Å². The number of phenols is 1. The van der Waals surface area contributed by atoms with E-state index in [0.717, 1.165) is 12.0 Å². The average Bonchev–Trinajstić information content (AvgIpc) is 2.31. The van der Waals surface area contributed by atoms with Crippen molar-refractivity contribution in [3.8, 4) is 11.5 Å². The van der Waals surface area contributed by atoms with Gasteiger partial charge in [0.25, 0.3) is 0 Å². The van der Waals surface area contributed by atoms with E-state index in [1.165, 1.54) is 7.11 Å². The summed E-state index contributed by atoms with van der Waals surface area (Å²) in [6.07, 6.45) is 2.88. The van der Waals surface area contributed by atoms with Crippen molar-refractivity contribution in [2.75, 3.05) is 7.11 Å². The molecule has 1 aromatic rings. The van der Waals surface area contributed by atoms with E-state index in [9.17, 15) is 9.90 Å². The van der Waals surface area contributed by atoms with Crippen molar-refractivity contribution in [2.24, 2.45) is 5.92 Å². The summed E-state index contributed by atoms with van der Waals surface area (Å²) in [6, 6.07) is 5.27. The van der Waals surface area contributed by atoms with Crippen LogP contribution in [0.2, 0.25) is 0 Å². The Hall–Kier alpha value is -1.97. The molecule has 0 bridgehead atoms. The quantitative estimate of drug-likeness (QED) is 0.803. The molecule has 0 aliphatic heterocycles. The topological polar surface area (TPSA) is 66.8 Å². The molecule has 0 amide bonds. The number of carboxylic acid groups (broad SMARTS) is 1. The highest BCUT2D eigenvalue weighted by Gasteiger charge is 2.00. The van der Waals surface area contributed by atoms with Crippen LogP contribution in [0.3, 0.4) is 0 Å². The molecule has 0 atom stereocenters. The van der Waals surface area contributed by atoms with Gasteiger partial charge in [-0.15, -0.1) is 6.58 Å². The Morgan fingerprint density at radius 3 is 2.47 bits per heavy atom. The van der Waals surface area contributed by atoms with E-state index in [-0.39, 0.29) is 18.1 Å². The summed E-state index contributed by atoms with van der Waals surface area (Å²) in [4.78, 5) is 9.81. The number of aliphatic carboxylic acids is 1. The molecule has 0 aliphatic carbocycles. The summed E-state index contributed by atoms with van der Waals surface area (Å²) in [5.74, 6) is 0.243. The zero-order valence-corrected chi connectivity index (χ0v) is 11.7. The van der Waals surface area contributed by atoms with Gasteiger partial charge in [0.1, 0.15) is 0 Å². The third-order valence-electron chi connectivity index (χ3n) is 2.21. The molecule has 0 unspecified atom stereocenters. The van der Waals surface area contributed by atoms with Crippen LogP contribution in [0.25, 0.3) is 0 Å². The largest absolute Gasteiger partial charge is 0.504 e. The Kier molecular flexibility index (Phi) is 8.09. The SMILES string of the molecule is C=CCc1ccc(O)c(OC)c1.CC(C)CC(=O)O. The number of hydrogen-bond acceptors (Lipinski definition) is 3. The zero-order chi connectivity index (χ0) is 14.8. The van der Waals surface area contributed by atoms with Gasteiger partial charge < -0.3 is 14.9 Å². The lowest BCUT2D eigenvalue weighted by Gasteiger charge is -2.04. The number of methoxy groups -OCH3 is 1. The van der Waals surface area contributed by atoms with Crippen molar-refractivity contribution in [3.63, 3.8) is 0 Å². The van der Waals surface area contributed by atoms with Crippen LogP contribution in [0, 0.1) is 5.92 Å². The number of carboxylic acids is 1. The number of hydrogen-bond donors (Lipinski definition) is 2. The highest BCUT2D eigenvalue weighted by atomic mass is 16.5. The fourth-order valence-corrected chi connectivity index (χ4v) is 1.36. The maximum Gasteiger partial charge on any atom is 0.303 e. The first-order chi connectivity index (χ1) is 8.90. The summed E-state index contributed by atoms with van der Waals surface area (Å²) < 4.78 is 4.95. The van der Waals surface area contributed by atoms with Crippen molar-refractivity contribution in [3.05, 3.63) is 36.4 Å². The van der Waals surface area contributed by atoms with Gasteiger partial charge in [0.2, 0.25) is 0 Å². The van der Waals surface area contributed by atoms with E-state index in [4.69, 9.17) is 9.84 Å². The van der Waals surface area contributed by atoms with Gasteiger partial charge in [0.05, 0.1) is 7.11 Å². The number of carbonyl (C=O) groups is 1. The van der Waals surface area contributed by atoms with Crippen LogP contribution in [0.5, 0.6) is 11.5 Å². The van der Waals surface area contributed by atoms with Crippen molar-refractivity contribution in [1.29, 1.82) is 0 Å². The molecule has 0 fully saturated rings. The predicted octanol–water partition coefficient (Wildman–Crippen LogP) is 3.25. The van der Waals surface area contributed by atoms with E-state index in [0.29, 0.717) is 5.75 Å². The fraction of sp³-hybridized carbons (Fsp3) is 0.400. The molecule has 2 N–H and O–H groups in total. The lowest BCUT2D eigenvalue weighted by Crippen LogP contribution is -1.99. The Labute approximate surface area is 114 Å². The van der Waals surface area contributed by atoms with Gasteiger partial charge in [-0.2, -0.15) is 0 Å². The molecule has 0 heterocycles. The van der Waals surface area contributed by atoms with E-state index in [1.807, 2.05) is 26.0 Å². The molecule has 0 spiro atoms.